The molecule has 140 valence electrons. The molecule has 2 fully saturated rings. The number of fused-ring (bicyclic) bond motifs is 1. The molecule has 8 heteroatoms. The molecule has 1 saturated heterocycles. The minimum atomic E-state index is -0.384. The van der Waals surface area contributed by atoms with Crippen LogP contribution in [-0.4, -0.2) is 37.6 Å². The Morgan fingerprint density at radius 2 is 2.11 bits per heavy atom. The van der Waals surface area contributed by atoms with Crippen molar-refractivity contribution < 1.29 is 14.7 Å². The highest BCUT2D eigenvalue weighted by molar-refractivity contribution is 6.15. The minimum Gasteiger partial charge on any atom is -0.508 e. The number of hydrogen-bond acceptors (Lipinski definition) is 6. The van der Waals surface area contributed by atoms with Crippen molar-refractivity contribution in [2.75, 3.05) is 5.32 Å². The summed E-state index contributed by atoms with van der Waals surface area (Å²) in [7, 11) is 0. The predicted octanol–water partition coefficient (Wildman–Crippen LogP) is 2.11. The first-order valence-electron chi connectivity index (χ1n) is 9.06. The minimum absolute atomic E-state index is 0.0512. The molecule has 2 aromatic heterocycles. The highest BCUT2D eigenvalue weighted by Crippen LogP contribution is 2.30. The second-order valence-corrected chi connectivity index (χ2v) is 7.05. The van der Waals surface area contributed by atoms with Crippen molar-refractivity contribution in [1.29, 1.82) is 0 Å². The number of aromatic hydroxyl groups is 1. The van der Waals surface area contributed by atoms with Crippen molar-refractivity contribution in [1.82, 2.24) is 19.9 Å². The zero-order valence-corrected chi connectivity index (χ0v) is 14.8. The van der Waals surface area contributed by atoms with Gasteiger partial charge in [-0.2, -0.15) is 9.61 Å². The van der Waals surface area contributed by atoms with E-state index in [0.717, 1.165) is 24.2 Å². The molecule has 1 aliphatic heterocycles. The highest BCUT2D eigenvalue weighted by atomic mass is 16.3. The summed E-state index contributed by atoms with van der Waals surface area (Å²) in [5.74, 6) is 0.261. The van der Waals surface area contributed by atoms with Crippen LogP contribution in [0.3, 0.4) is 0 Å². The van der Waals surface area contributed by atoms with Crippen LogP contribution in [0.2, 0.25) is 0 Å². The summed E-state index contributed by atoms with van der Waals surface area (Å²) in [5.41, 5.74) is 3.07. The fourth-order valence-corrected chi connectivity index (χ4v) is 3.24. The molecule has 5 rings (SSSR count). The van der Waals surface area contributed by atoms with E-state index < -0.39 is 0 Å². The van der Waals surface area contributed by atoms with Crippen LogP contribution in [0.5, 0.6) is 5.75 Å². The molecule has 1 saturated carbocycles. The number of aromatic nitrogens is 3. The van der Waals surface area contributed by atoms with Gasteiger partial charge in [-0.3, -0.25) is 14.9 Å². The second-order valence-electron chi connectivity index (χ2n) is 7.05. The number of amides is 2. The Morgan fingerprint density at radius 3 is 2.82 bits per heavy atom. The van der Waals surface area contributed by atoms with Gasteiger partial charge in [0.05, 0.1) is 18.3 Å². The molecule has 3 aromatic rings. The number of phenolic OH excluding ortho intramolecular Hbond substituents is 1. The van der Waals surface area contributed by atoms with Crippen molar-refractivity contribution in [2.24, 2.45) is 0 Å². The van der Waals surface area contributed by atoms with E-state index in [2.05, 4.69) is 15.7 Å². The SMILES string of the molecule is O=C1CC(=Cc2cnn3c(NC4CC4)cc(-c4cccc(O)c4)nc23)C(=O)N1. The van der Waals surface area contributed by atoms with Gasteiger partial charge in [0.25, 0.3) is 5.91 Å². The summed E-state index contributed by atoms with van der Waals surface area (Å²) in [6.45, 7) is 0. The van der Waals surface area contributed by atoms with Crippen LogP contribution in [0.4, 0.5) is 5.82 Å². The fourth-order valence-electron chi connectivity index (χ4n) is 3.24. The van der Waals surface area contributed by atoms with Gasteiger partial charge in [-0.1, -0.05) is 12.1 Å². The molecule has 2 amide bonds. The standard InChI is InChI=1S/C20H17N5O3/c26-15-3-1-2-11(7-15)16-9-17(22-14-4-5-14)25-19(23-16)13(10-21-25)6-12-8-18(27)24-20(12)28/h1-3,6-7,9-10,14,22,26H,4-5,8H2,(H,24,27,28). The van der Waals surface area contributed by atoms with Gasteiger partial charge in [0, 0.05) is 28.8 Å². The molecule has 2 aliphatic rings. The van der Waals surface area contributed by atoms with Crippen LogP contribution in [0.15, 0.2) is 42.1 Å². The van der Waals surface area contributed by atoms with Crippen molar-refractivity contribution >= 4 is 29.4 Å². The van der Waals surface area contributed by atoms with Crippen LogP contribution in [0.1, 0.15) is 24.8 Å². The topological polar surface area (TPSA) is 109 Å². The summed E-state index contributed by atoms with van der Waals surface area (Å²) < 4.78 is 1.70. The Labute approximate surface area is 159 Å². The molecule has 1 aliphatic carbocycles. The first kappa shape index (κ1) is 16.5. The van der Waals surface area contributed by atoms with Gasteiger partial charge in [0.2, 0.25) is 5.91 Å². The van der Waals surface area contributed by atoms with Crippen molar-refractivity contribution in [3.8, 4) is 17.0 Å². The Morgan fingerprint density at radius 1 is 1.25 bits per heavy atom. The Bertz CT molecular complexity index is 1160. The number of anilines is 1. The zero-order valence-electron chi connectivity index (χ0n) is 14.8. The van der Waals surface area contributed by atoms with E-state index in [4.69, 9.17) is 4.98 Å². The van der Waals surface area contributed by atoms with E-state index in [9.17, 15) is 14.7 Å². The molecule has 8 nitrogen and oxygen atoms in total. The highest BCUT2D eigenvalue weighted by Gasteiger charge is 2.25. The number of phenols is 1. The van der Waals surface area contributed by atoms with Gasteiger partial charge in [0.15, 0.2) is 5.65 Å². The number of imide groups is 1. The molecule has 0 bridgehead atoms. The van der Waals surface area contributed by atoms with Crippen LogP contribution in [0.25, 0.3) is 23.0 Å². The van der Waals surface area contributed by atoms with Gasteiger partial charge in [0.1, 0.15) is 11.6 Å². The number of nitrogens with zero attached hydrogens (tertiary/aromatic N) is 3. The zero-order chi connectivity index (χ0) is 19.3. The van der Waals surface area contributed by atoms with E-state index in [1.54, 1.807) is 35.0 Å². The molecule has 3 heterocycles. The number of benzene rings is 1. The third-order valence-electron chi connectivity index (χ3n) is 4.80. The molecule has 0 unspecified atom stereocenters. The second kappa shape index (κ2) is 6.19. The van der Waals surface area contributed by atoms with Gasteiger partial charge in [-0.15, -0.1) is 0 Å². The summed E-state index contributed by atoms with van der Waals surface area (Å²) in [5, 5.41) is 20.0. The van der Waals surface area contributed by atoms with Crippen LogP contribution >= 0.6 is 0 Å². The summed E-state index contributed by atoms with van der Waals surface area (Å²) in [4.78, 5) is 28.1. The van der Waals surface area contributed by atoms with Crippen molar-refractivity contribution in [3.63, 3.8) is 0 Å². The molecule has 0 spiro atoms. The Hall–Kier alpha value is -3.68. The van der Waals surface area contributed by atoms with Gasteiger partial charge < -0.3 is 10.4 Å². The monoisotopic (exact) mass is 375 g/mol. The van der Waals surface area contributed by atoms with E-state index in [1.807, 2.05) is 12.1 Å². The summed E-state index contributed by atoms with van der Waals surface area (Å²) in [6, 6.07) is 9.20. The first-order valence-corrected chi connectivity index (χ1v) is 9.06. The van der Waals surface area contributed by atoms with E-state index in [0.29, 0.717) is 28.5 Å². The van der Waals surface area contributed by atoms with Crippen LogP contribution < -0.4 is 10.6 Å². The molecule has 0 radical (unpaired) electrons. The smallest absolute Gasteiger partial charge is 0.254 e. The number of nitrogens with one attached hydrogen (secondary N) is 2. The lowest BCUT2D eigenvalue weighted by Crippen LogP contribution is -2.19. The maximum atomic E-state index is 11.9. The molecular weight excluding hydrogens is 358 g/mol. The quantitative estimate of drug-likeness (QED) is 0.476. The van der Waals surface area contributed by atoms with Gasteiger partial charge >= 0.3 is 0 Å². The first-order chi connectivity index (χ1) is 13.6. The Balaban J connectivity index is 1.66. The third kappa shape index (κ3) is 2.98. The molecule has 28 heavy (non-hydrogen) atoms. The average molecular weight is 375 g/mol. The lowest BCUT2D eigenvalue weighted by Gasteiger charge is -2.10. The number of hydrogen-bond donors (Lipinski definition) is 3. The van der Waals surface area contributed by atoms with Gasteiger partial charge in [-0.05, 0) is 31.1 Å². The number of carbonyl (C=O) groups is 2. The predicted molar refractivity (Wildman–Crippen MR) is 102 cm³/mol. The van der Waals surface area contributed by atoms with Crippen molar-refractivity contribution in [3.05, 3.63) is 47.7 Å². The molecule has 0 atom stereocenters. The van der Waals surface area contributed by atoms with E-state index >= 15 is 0 Å². The number of carbonyl (C=O) groups excluding carboxylic acids is 2. The summed E-state index contributed by atoms with van der Waals surface area (Å²) in [6.07, 6.45) is 5.55. The molecular formula is C20H17N5O3. The van der Waals surface area contributed by atoms with E-state index in [-0.39, 0.29) is 24.0 Å². The average Bonchev–Trinajstić information content (AvgIpc) is 3.30. The molecule has 3 N–H and O–H groups in total. The van der Waals surface area contributed by atoms with E-state index in [1.165, 1.54) is 0 Å². The van der Waals surface area contributed by atoms with Crippen LogP contribution in [-0.2, 0) is 9.59 Å². The number of rotatable bonds is 4. The molecule has 1 aromatic carbocycles. The summed E-state index contributed by atoms with van der Waals surface area (Å²) >= 11 is 0. The largest absolute Gasteiger partial charge is 0.508 e. The van der Waals surface area contributed by atoms with Gasteiger partial charge in [-0.25, -0.2) is 4.98 Å². The lowest BCUT2D eigenvalue weighted by molar-refractivity contribution is -0.124. The normalized spacial score (nSPS) is 18.1. The van der Waals surface area contributed by atoms with Crippen LogP contribution in [0, 0.1) is 0 Å². The van der Waals surface area contributed by atoms with Crippen molar-refractivity contribution in [2.45, 2.75) is 25.3 Å². The third-order valence-corrected chi connectivity index (χ3v) is 4.80. The Kier molecular flexibility index (Phi) is 3.65. The fraction of sp³-hybridized carbons (Fsp3) is 0.200. The maximum absolute atomic E-state index is 11.9. The maximum Gasteiger partial charge on any atom is 0.254 e. The lowest BCUT2D eigenvalue weighted by atomic mass is 10.1.